The molecular weight excluding hydrogens is 472 g/mol. The van der Waals surface area contributed by atoms with E-state index in [1.807, 2.05) is 6.07 Å². The molecule has 0 unspecified atom stereocenters. The van der Waals surface area contributed by atoms with Gasteiger partial charge in [-0.2, -0.15) is 5.10 Å². The van der Waals surface area contributed by atoms with E-state index >= 15 is 0 Å². The van der Waals surface area contributed by atoms with Crippen LogP contribution in [0.1, 0.15) is 0 Å². The molecule has 9 aromatic rings. The third-order valence-corrected chi connectivity index (χ3v) is 7.41. The number of rotatable bonds is 0. The van der Waals surface area contributed by atoms with Crippen molar-refractivity contribution in [3.8, 4) is 0 Å². The van der Waals surface area contributed by atoms with Crippen LogP contribution in [0.25, 0.3) is 64.6 Å². The summed E-state index contributed by atoms with van der Waals surface area (Å²) in [6.45, 7) is 0. The summed E-state index contributed by atoms with van der Waals surface area (Å²) in [7, 11) is 0. The first kappa shape index (κ1) is 22.9. The normalized spacial score (nSPS) is 11.1. The molecule has 0 atom stereocenters. The zero-order chi connectivity index (χ0) is 26.0. The Kier molecular flexibility index (Phi) is 5.84. The van der Waals surface area contributed by atoms with Crippen LogP contribution in [0.4, 0.5) is 0 Å². The summed E-state index contributed by atoms with van der Waals surface area (Å²) < 4.78 is 0. The maximum absolute atomic E-state index is 3.60. The molecule has 1 aromatic heterocycles. The number of hydrogen-bond donors (Lipinski definition) is 1. The van der Waals surface area contributed by atoms with Gasteiger partial charge in [-0.05, 0) is 82.8 Å². The predicted octanol–water partition coefficient (Wildman–Crippen LogP) is 10.1. The first-order chi connectivity index (χ1) is 19.4. The van der Waals surface area contributed by atoms with Gasteiger partial charge in [0.05, 0.1) is 0 Å². The van der Waals surface area contributed by atoms with Gasteiger partial charge in [0.2, 0.25) is 0 Å². The van der Waals surface area contributed by atoms with Gasteiger partial charge in [-0.15, -0.1) is 0 Å². The fourth-order valence-electron chi connectivity index (χ4n) is 5.68. The van der Waals surface area contributed by atoms with E-state index in [0.717, 1.165) is 0 Å². The lowest BCUT2D eigenvalue weighted by Crippen LogP contribution is -1.85. The topological polar surface area (TPSA) is 28.7 Å². The maximum Gasteiger partial charge on any atom is 0.0487 e. The summed E-state index contributed by atoms with van der Waals surface area (Å²) >= 11 is 0. The van der Waals surface area contributed by atoms with Crippen LogP contribution in [0.15, 0.2) is 152 Å². The van der Waals surface area contributed by atoms with E-state index in [0.29, 0.717) is 0 Å². The largest absolute Gasteiger partial charge is 0.286 e. The zero-order valence-corrected chi connectivity index (χ0v) is 21.4. The van der Waals surface area contributed by atoms with Gasteiger partial charge < -0.3 is 0 Å². The van der Waals surface area contributed by atoms with Crippen LogP contribution in [0.5, 0.6) is 0 Å². The van der Waals surface area contributed by atoms with Crippen LogP contribution in [0, 0.1) is 0 Å². The van der Waals surface area contributed by atoms with Crippen LogP contribution in [-0.4, -0.2) is 10.2 Å². The lowest BCUT2D eigenvalue weighted by molar-refractivity contribution is 1.09. The molecule has 0 radical (unpaired) electrons. The van der Waals surface area contributed by atoms with Crippen molar-refractivity contribution in [2.45, 2.75) is 0 Å². The number of nitrogens with zero attached hydrogens (tertiary/aromatic N) is 1. The van der Waals surface area contributed by atoms with Crippen LogP contribution in [0.3, 0.4) is 0 Å². The average Bonchev–Trinajstić information content (AvgIpc) is 3.60. The fraction of sp³-hybridized carbons (Fsp3) is 0. The first-order valence-electron chi connectivity index (χ1n) is 13.2. The summed E-state index contributed by atoms with van der Waals surface area (Å²) in [5.41, 5.74) is 0. The molecule has 0 spiro atoms. The Labute approximate surface area is 226 Å². The molecule has 1 heterocycles. The molecule has 184 valence electrons. The molecule has 2 heteroatoms. The lowest BCUT2D eigenvalue weighted by Gasteiger charge is -2.13. The monoisotopic (exact) mass is 498 g/mol. The van der Waals surface area contributed by atoms with E-state index in [2.05, 4.69) is 144 Å². The zero-order valence-electron chi connectivity index (χ0n) is 21.4. The van der Waals surface area contributed by atoms with Crippen molar-refractivity contribution >= 4 is 64.6 Å². The van der Waals surface area contributed by atoms with Crippen LogP contribution >= 0.6 is 0 Å². The van der Waals surface area contributed by atoms with E-state index in [1.165, 1.54) is 64.6 Å². The Hall–Kier alpha value is -5.21. The highest BCUT2D eigenvalue weighted by atomic mass is 15.1. The standard InChI is InChI=1S/C20H12.C14H10.C3H4N2/c1-5-13-6-2-11-17-18-12-4-8-14-7-3-10-16(20(14)18)15(9-1)19(13)17;1-2-6-12-10-14-8-4-3-7-13(14)9-11(12)5-1;1-2-4-5-3-1/h1-12H;1-10H;1-3H,(H,4,5). The number of aromatic amines is 1. The van der Waals surface area contributed by atoms with Gasteiger partial charge in [-0.25, -0.2) is 0 Å². The second kappa shape index (κ2) is 9.92. The molecule has 9 rings (SSSR count). The summed E-state index contributed by atoms with van der Waals surface area (Å²) in [6.07, 6.45) is 3.46. The van der Waals surface area contributed by atoms with Crippen LogP contribution < -0.4 is 0 Å². The van der Waals surface area contributed by atoms with Gasteiger partial charge in [0.15, 0.2) is 0 Å². The second-order valence-corrected chi connectivity index (χ2v) is 9.73. The van der Waals surface area contributed by atoms with Gasteiger partial charge in [-0.3, -0.25) is 5.10 Å². The first-order valence-corrected chi connectivity index (χ1v) is 13.2. The molecule has 0 bridgehead atoms. The summed E-state index contributed by atoms with van der Waals surface area (Å²) in [5, 5.41) is 22.3. The summed E-state index contributed by atoms with van der Waals surface area (Å²) in [4.78, 5) is 0. The maximum atomic E-state index is 3.60. The number of H-pyrrole nitrogens is 1. The summed E-state index contributed by atoms with van der Waals surface area (Å²) in [6, 6.07) is 49.7. The number of hydrogen-bond acceptors (Lipinski definition) is 1. The van der Waals surface area contributed by atoms with Crippen molar-refractivity contribution < 1.29 is 0 Å². The third-order valence-electron chi connectivity index (χ3n) is 7.41. The Morgan fingerprint density at radius 3 is 1.00 bits per heavy atom. The Bertz CT molecular complexity index is 1880. The second-order valence-electron chi connectivity index (χ2n) is 9.73. The molecule has 0 amide bonds. The molecule has 2 nitrogen and oxygen atoms in total. The molecule has 0 saturated carbocycles. The van der Waals surface area contributed by atoms with E-state index < -0.39 is 0 Å². The number of benzene rings is 8. The van der Waals surface area contributed by atoms with Gasteiger partial charge in [-0.1, -0.05) is 121 Å². The molecule has 0 aliphatic heterocycles. The average molecular weight is 499 g/mol. The molecular formula is C37H26N2. The highest BCUT2D eigenvalue weighted by molar-refractivity contribution is 6.32. The van der Waals surface area contributed by atoms with Crippen molar-refractivity contribution in [1.29, 1.82) is 0 Å². The third kappa shape index (κ3) is 4.22. The minimum atomic E-state index is 1.31. The molecule has 0 fully saturated rings. The van der Waals surface area contributed by atoms with Crippen molar-refractivity contribution in [2.24, 2.45) is 0 Å². The van der Waals surface area contributed by atoms with Gasteiger partial charge in [0.1, 0.15) is 0 Å². The van der Waals surface area contributed by atoms with E-state index in [9.17, 15) is 0 Å². The molecule has 8 aromatic carbocycles. The van der Waals surface area contributed by atoms with Crippen molar-refractivity contribution in [1.82, 2.24) is 10.2 Å². The van der Waals surface area contributed by atoms with Gasteiger partial charge in [0.25, 0.3) is 0 Å². The van der Waals surface area contributed by atoms with Gasteiger partial charge >= 0.3 is 0 Å². The molecule has 0 saturated heterocycles. The highest BCUT2D eigenvalue weighted by Crippen LogP contribution is 2.39. The van der Waals surface area contributed by atoms with Crippen molar-refractivity contribution in [3.63, 3.8) is 0 Å². The number of nitrogens with one attached hydrogen (secondary N) is 1. The molecule has 1 N–H and O–H groups in total. The highest BCUT2D eigenvalue weighted by Gasteiger charge is 2.11. The molecule has 0 aliphatic carbocycles. The smallest absolute Gasteiger partial charge is 0.0487 e. The van der Waals surface area contributed by atoms with E-state index in [1.54, 1.807) is 12.4 Å². The lowest BCUT2D eigenvalue weighted by atomic mass is 9.90. The van der Waals surface area contributed by atoms with Crippen molar-refractivity contribution in [3.05, 3.63) is 152 Å². The minimum Gasteiger partial charge on any atom is -0.286 e. The van der Waals surface area contributed by atoms with E-state index in [-0.39, 0.29) is 0 Å². The number of aromatic nitrogens is 2. The predicted molar refractivity (Wildman–Crippen MR) is 168 cm³/mol. The van der Waals surface area contributed by atoms with Crippen LogP contribution in [-0.2, 0) is 0 Å². The fourth-order valence-corrected chi connectivity index (χ4v) is 5.68. The van der Waals surface area contributed by atoms with Crippen LogP contribution in [0.2, 0.25) is 0 Å². The van der Waals surface area contributed by atoms with Gasteiger partial charge in [0, 0.05) is 12.4 Å². The molecule has 39 heavy (non-hydrogen) atoms. The van der Waals surface area contributed by atoms with Crippen molar-refractivity contribution in [2.75, 3.05) is 0 Å². The van der Waals surface area contributed by atoms with E-state index in [4.69, 9.17) is 0 Å². The number of fused-ring (bicyclic) bond motifs is 4. The summed E-state index contributed by atoms with van der Waals surface area (Å²) in [5.74, 6) is 0. The Morgan fingerprint density at radius 1 is 0.359 bits per heavy atom. The SMILES string of the molecule is c1cc2cccc3c4cccc5cccc(c(c1)c23)c54.c1ccc2cc3ccccc3cc2c1.c1cn[nH]c1. The quantitative estimate of drug-likeness (QED) is 0.163. The molecule has 0 aliphatic rings. The Balaban J connectivity index is 0.000000115. The Morgan fingerprint density at radius 2 is 0.718 bits per heavy atom. The minimum absolute atomic E-state index is 1.31.